The Morgan fingerprint density at radius 2 is 0.742 bits per heavy atom. The molecule has 3 aromatic heterocycles. The first-order valence-electron chi connectivity index (χ1n) is 29.3. The minimum absolute atomic E-state index is 0.145. The number of thiazole rings is 3. The lowest BCUT2D eigenvalue weighted by Gasteiger charge is -2.31. The summed E-state index contributed by atoms with van der Waals surface area (Å²) in [6.45, 7) is 11.7. The number of benzene rings is 3. The first kappa shape index (κ1) is 68.1. The third-order valence-corrected chi connectivity index (χ3v) is 19.5. The zero-order chi connectivity index (χ0) is 66.4. The lowest BCUT2D eigenvalue weighted by Crippen LogP contribution is -2.39. The Bertz CT molecular complexity index is 3670. The van der Waals surface area contributed by atoms with E-state index >= 15 is 0 Å². The lowest BCUT2D eigenvalue weighted by molar-refractivity contribution is -0.140. The van der Waals surface area contributed by atoms with Gasteiger partial charge in [-0.05, 0) is 73.9 Å². The number of rotatable bonds is 15. The molecule has 6 aromatic rings. The number of nitrogens with one attached hydrogen (secondary N) is 3. The average molecular weight is 1520 g/mol. The molecule has 3 N–H and O–H groups in total. The number of aliphatic imine (C=N–C) groups is 3. The number of nitrogens with zero attached hydrogens (tertiary/aromatic N) is 9. The van der Waals surface area contributed by atoms with Crippen molar-refractivity contribution in [1.29, 1.82) is 0 Å². The van der Waals surface area contributed by atoms with Crippen molar-refractivity contribution in [3.05, 3.63) is 186 Å². The smallest absolute Gasteiger partial charge is 0.338 e. The van der Waals surface area contributed by atoms with Crippen LogP contribution < -0.4 is 16.0 Å². The normalized spacial score (nSPS) is 20.4. The molecule has 6 aliphatic heterocycles. The van der Waals surface area contributed by atoms with Gasteiger partial charge in [-0.15, -0.1) is 34.0 Å². The number of carbonyl (C=O) groups is 6. The molecular formula is C63H60Br3F3N12O9S3. The Morgan fingerprint density at radius 1 is 0.473 bits per heavy atom. The van der Waals surface area contributed by atoms with E-state index < -0.39 is 53.5 Å². The van der Waals surface area contributed by atoms with Crippen molar-refractivity contribution in [3.8, 4) is 0 Å². The quantitative estimate of drug-likeness (QED) is 0.0639. The van der Waals surface area contributed by atoms with E-state index in [1.165, 1.54) is 91.2 Å². The molecule has 0 saturated carbocycles. The van der Waals surface area contributed by atoms with E-state index in [0.29, 0.717) is 118 Å². The van der Waals surface area contributed by atoms with Crippen LogP contribution in [0.15, 0.2) is 152 Å². The number of carbonyl (C=O) groups excluding carboxylic acids is 6. The van der Waals surface area contributed by atoms with Crippen LogP contribution >= 0.6 is 81.8 Å². The van der Waals surface area contributed by atoms with Crippen LogP contribution in [0.5, 0.6) is 0 Å². The zero-order valence-corrected chi connectivity index (χ0v) is 57.9. The van der Waals surface area contributed by atoms with Crippen LogP contribution in [0, 0.1) is 17.5 Å². The Hall–Kier alpha value is -7.77. The maximum atomic E-state index is 13.8. The highest BCUT2D eigenvalue weighted by atomic mass is 79.9. The molecule has 486 valence electrons. The van der Waals surface area contributed by atoms with E-state index in [1.54, 1.807) is 57.6 Å². The maximum absolute atomic E-state index is 13.8. The molecule has 30 heteroatoms. The second-order valence-corrected chi connectivity index (χ2v) is 26.7. The summed E-state index contributed by atoms with van der Waals surface area (Å²) in [5.41, 5.74) is 5.32. The third kappa shape index (κ3) is 15.3. The van der Waals surface area contributed by atoms with Crippen molar-refractivity contribution in [2.75, 3.05) is 39.5 Å². The first-order chi connectivity index (χ1) is 44.7. The molecule has 6 atom stereocenters. The van der Waals surface area contributed by atoms with Gasteiger partial charge in [0.1, 0.15) is 35.6 Å². The summed E-state index contributed by atoms with van der Waals surface area (Å²) in [7, 11) is 0. The van der Waals surface area contributed by atoms with E-state index in [4.69, 9.17) is 29.2 Å². The predicted molar refractivity (Wildman–Crippen MR) is 354 cm³/mol. The van der Waals surface area contributed by atoms with E-state index in [1.807, 2.05) is 30.8 Å². The third-order valence-electron chi connectivity index (χ3n) is 15.1. The van der Waals surface area contributed by atoms with Crippen LogP contribution in [0.1, 0.15) is 111 Å². The monoisotopic (exact) mass is 1520 g/mol. The highest BCUT2D eigenvalue weighted by Gasteiger charge is 2.46. The summed E-state index contributed by atoms with van der Waals surface area (Å²) < 4.78 is 58.9. The Morgan fingerprint density at radius 3 is 0.957 bits per heavy atom. The molecule has 9 heterocycles. The van der Waals surface area contributed by atoms with Crippen LogP contribution in [-0.2, 0) is 43.0 Å². The van der Waals surface area contributed by atoms with Gasteiger partial charge in [0.25, 0.3) is 0 Å². The van der Waals surface area contributed by atoms with Gasteiger partial charge in [-0.3, -0.25) is 29.4 Å². The predicted octanol–water partition coefficient (Wildman–Crippen LogP) is 10.7. The van der Waals surface area contributed by atoms with Gasteiger partial charge in [0, 0.05) is 125 Å². The van der Waals surface area contributed by atoms with Gasteiger partial charge in [-0.25, -0.2) is 42.5 Å². The fourth-order valence-corrected chi connectivity index (χ4v) is 15.3. The number of halogens is 6. The minimum atomic E-state index is -0.699. The molecule has 3 amide bonds. The van der Waals surface area contributed by atoms with Gasteiger partial charge < -0.3 is 44.9 Å². The Kier molecular flexibility index (Phi) is 22.0. The number of aromatic nitrogens is 3. The fraction of sp³-hybridized carbons (Fsp3) is 0.333. The number of ether oxygens (including phenoxy) is 3. The number of amidine groups is 3. The molecular weight excluding hydrogens is 1460 g/mol. The highest BCUT2D eigenvalue weighted by molar-refractivity contribution is 9.11. The van der Waals surface area contributed by atoms with Crippen molar-refractivity contribution in [2.45, 2.75) is 97.1 Å². The molecule has 0 aliphatic carbocycles. The summed E-state index contributed by atoms with van der Waals surface area (Å²) >= 11 is 14.6. The molecule has 3 fully saturated rings. The molecule has 12 rings (SSSR count). The molecule has 0 radical (unpaired) electrons. The van der Waals surface area contributed by atoms with Gasteiger partial charge in [0.15, 0.2) is 32.5 Å². The standard InChI is InChI=1S/3C21H20BrFN4O3S/c3*1-3-30-21(29)17-16-9-13(25-11(2)28)10-27(16)19(20-24-6-7-31-20)26-18(17)14-5-4-12(23)8-15(14)22/h3*4-8,13,18H,3,9-10H2,1-2H3,(H,25,28)/t13?,18-;13-,18+;13-,18-/m010/s1. The summed E-state index contributed by atoms with van der Waals surface area (Å²) in [5.74, 6) is -1.20. The van der Waals surface area contributed by atoms with Crippen molar-refractivity contribution < 1.29 is 56.1 Å². The molecule has 1 unspecified atom stereocenters. The average Bonchev–Trinajstić information content (AvgIpc) is 1.70. The van der Waals surface area contributed by atoms with Gasteiger partial charge in [0.2, 0.25) is 17.7 Å². The molecule has 3 aromatic carbocycles. The van der Waals surface area contributed by atoms with Gasteiger partial charge in [0.05, 0.1) is 54.7 Å². The maximum Gasteiger partial charge on any atom is 0.338 e. The number of fused-ring (bicyclic) bond motifs is 3. The van der Waals surface area contributed by atoms with Gasteiger partial charge >= 0.3 is 17.9 Å². The number of amides is 3. The van der Waals surface area contributed by atoms with Crippen LogP contribution in [0.2, 0.25) is 0 Å². The van der Waals surface area contributed by atoms with E-state index in [2.05, 4.69) is 78.7 Å². The van der Waals surface area contributed by atoms with Crippen molar-refractivity contribution in [1.82, 2.24) is 45.6 Å². The molecule has 93 heavy (non-hydrogen) atoms. The number of hydrogen-bond donors (Lipinski definition) is 3. The topological polar surface area (TPSA) is 252 Å². The van der Waals surface area contributed by atoms with Crippen LogP contribution in [0.3, 0.4) is 0 Å². The van der Waals surface area contributed by atoms with Crippen molar-refractivity contribution >= 4 is 135 Å². The number of esters is 3. The lowest BCUT2D eigenvalue weighted by atomic mass is 9.94. The summed E-state index contributed by atoms with van der Waals surface area (Å²) in [6.07, 6.45) is 6.43. The second-order valence-electron chi connectivity index (χ2n) is 21.5. The Balaban J connectivity index is 0.000000153. The van der Waals surface area contributed by atoms with Crippen molar-refractivity contribution in [3.63, 3.8) is 0 Å². The fourth-order valence-electron chi connectivity index (χ4n) is 11.7. The van der Waals surface area contributed by atoms with E-state index in [-0.39, 0.29) is 55.7 Å². The molecule has 6 aliphatic rings. The van der Waals surface area contributed by atoms with Crippen LogP contribution in [0.25, 0.3) is 0 Å². The van der Waals surface area contributed by atoms with E-state index in [0.717, 1.165) is 17.1 Å². The SMILES string of the molecule is CCOC(=O)C1=C2CC(NC(C)=O)CN2C(c2nccs2)=N[C@H]1c1ccc(F)cc1Br.CCOC(=O)C1=C2C[C@@H](NC(C)=O)CN2C(c2nccs2)=N[C@H]1c1ccc(F)cc1Br.CCOC(=O)C1=C2C[C@H](NC(C)=O)CN2C(c2nccs2)=N[C@H]1c1ccc(F)cc1Br. The largest absolute Gasteiger partial charge is 0.463 e. The minimum Gasteiger partial charge on any atom is -0.463 e. The summed E-state index contributed by atoms with van der Waals surface area (Å²) in [6, 6.07) is 10.3. The zero-order valence-electron chi connectivity index (χ0n) is 50.7. The van der Waals surface area contributed by atoms with Gasteiger partial charge in [-0.2, -0.15) is 0 Å². The second kappa shape index (κ2) is 30.1. The van der Waals surface area contributed by atoms with E-state index in [9.17, 15) is 41.9 Å². The molecule has 3 saturated heterocycles. The molecule has 0 spiro atoms. The first-order valence-corrected chi connectivity index (χ1v) is 34.3. The van der Waals surface area contributed by atoms with Gasteiger partial charge in [-0.1, -0.05) is 66.0 Å². The number of hydrogen-bond acceptors (Lipinski definition) is 21. The molecule has 0 bridgehead atoms. The summed E-state index contributed by atoms with van der Waals surface area (Å²) in [4.78, 5) is 108. The highest BCUT2D eigenvalue weighted by Crippen LogP contribution is 2.46. The molecule has 21 nitrogen and oxygen atoms in total. The summed E-state index contributed by atoms with van der Waals surface area (Å²) in [5, 5.41) is 16.5. The van der Waals surface area contributed by atoms with Crippen LogP contribution in [0.4, 0.5) is 13.2 Å². The van der Waals surface area contributed by atoms with Crippen LogP contribution in [-0.4, -0.2) is 140 Å². The Labute approximate surface area is 569 Å². The van der Waals surface area contributed by atoms with Crippen molar-refractivity contribution in [2.24, 2.45) is 15.0 Å².